The molecule has 1 saturated heterocycles. The molecular formula is C15H17N5O6S2. The molecule has 1 aliphatic heterocycles. The number of nitrogens with zero attached hydrogens (tertiary/aromatic N) is 3. The Labute approximate surface area is 163 Å². The summed E-state index contributed by atoms with van der Waals surface area (Å²) in [5, 5.41) is 11.4. The van der Waals surface area contributed by atoms with E-state index in [1.54, 1.807) is 4.90 Å². The first-order valence-corrected chi connectivity index (χ1v) is 10.4. The Morgan fingerprint density at radius 3 is 2.43 bits per heavy atom. The number of benzene rings is 1. The predicted molar refractivity (Wildman–Crippen MR) is 102 cm³/mol. The van der Waals surface area contributed by atoms with Crippen molar-refractivity contribution >= 4 is 38.6 Å². The number of aromatic amines is 1. The summed E-state index contributed by atoms with van der Waals surface area (Å²) in [6, 6.07) is 3.94. The van der Waals surface area contributed by atoms with Gasteiger partial charge in [-0.05, 0) is 19.1 Å². The largest absolute Gasteiger partial charge is 0.366 e. The Balaban J connectivity index is 1.82. The van der Waals surface area contributed by atoms with Gasteiger partial charge in [-0.15, -0.1) is 0 Å². The Kier molecular flexibility index (Phi) is 5.23. The van der Waals surface area contributed by atoms with Crippen LogP contribution < -0.4 is 15.5 Å². The van der Waals surface area contributed by atoms with Gasteiger partial charge < -0.3 is 15.6 Å². The van der Waals surface area contributed by atoms with Crippen LogP contribution >= 0.6 is 11.3 Å². The topological polar surface area (TPSA) is 160 Å². The van der Waals surface area contributed by atoms with E-state index in [1.807, 2.05) is 0 Å². The van der Waals surface area contributed by atoms with Crippen molar-refractivity contribution in [2.24, 2.45) is 5.73 Å². The van der Waals surface area contributed by atoms with Gasteiger partial charge >= 0.3 is 4.87 Å². The summed E-state index contributed by atoms with van der Waals surface area (Å²) in [5.41, 5.74) is 5.50. The normalized spacial score (nSPS) is 15.5. The maximum Gasteiger partial charge on any atom is 0.305 e. The zero-order valence-corrected chi connectivity index (χ0v) is 16.4. The third-order valence-corrected chi connectivity index (χ3v) is 7.87. The Hall–Kier alpha value is -2.77. The molecule has 0 atom stereocenters. The van der Waals surface area contributed by atoms with E-state index in [0.29, 0.717) is 11.3 Å². The van der Waals surface area contributed by atoms with Crippen LogP contribution in [0, 0.1) is 17.0 Å². The highest BCUT2D eigenvalue weighted by Gasteiger charge is 2.33. The van der Waals surface area contributed by atoms with Crippen LogP contribution in [0.15, 0.2) is 27.2 Å². The maximum atomic E-state index is 12.8. The molecule has 0 spiro atoms. The standard InChI is InChI=1S/C15H17N5O6S2/c1-9-14(27-15(22)17-9)28(25,26)19-6-4-18(5-7-19)11-3-2-10(13(16)21)8-12(11)20(23)24/h2-3,8H,4-7H2,1H3,(H2,16,21)(H,17,22). The number of thiazole rings is 1. The molecule has 1 aromatic carbocycles. The van der Waals surface area contributed by atoms with Crippen LogP contribution in [-0.4, -0.2) is 54.7 Å². The molecule has 13 heteroatoms. The van der Waals surface area contributed by atoms with Gasteiger partial charge in [0, 0.05) is 43.5 Å². The number of nitro benzene ring substituents is 1. The molecule has 0 aliphatic carbocycles. The van der Waals surface area contributed by atoms with Crippen molar-refractivity contribution in [2.75, 3.05) is 31.1 Å². The third-order valence-electron chi connectivity index (χ3n) is 4.39. The first kappa shape index (κ1) is 20.0. The molecule has 150 valence electrons. The van der Waals surface area contributed by atoms with Gasteiger partial charge in [-0.1, -0.05) is 11.3 Å². The molecule has 1 aromatic heterocycles. The molecule has 2 heterocycles. The number of aryl methyl sites for hydroxylation is 1. The lowest BCUT2D eigenvalue weighted by atomic mass is 10.1. The van der Waals surface area contributed by atoms with Crippen molar-refractivity contribution in [1.82, 2.24) is 9.29 Å². The van der Waals surface area contributed by atoms with Crippen LogP contribution in [0.1, 0.15) is 16.1 Å². The van der Waals surface area contributed by atoms with Crippen LogP contribution in [0.25, 0.3) is 0 Å². The van der Waals surface area contributed by atoms with Crippen LogP contribution in [0.2, 0.25) is 0 Å². The van der Waals surface area contributed by atoms with Crippen molar-refractivity contribution in [1.29, 1.82) is 0 Å². The fourth-order valence-corrected chi connectivity index (χ4v) is 5.87. The molecule has 0 saturated carbocycles. The zero-order chi connectivity index (χ0) is 20.6. The minimum atomic E-state index is -3.82. The van der Waals surface area contributed by atoms with E-state index in [4.69, 9.17) is 5.73 Å². The van der Waals surface area contributed by atoms with Crippen LogP contribution in [-0.2, 0) is 10.0 Å². The number of H-pyrrole nitrogens is 1. The molecule has 1 amide bonds. The number of nitro groups is 1. The fourth-order valence-electron chi connectivity index (χ4n) is 3.01. The zero-order valence-electron chi connectivity index (χ0n) is 14.7. The number of hydrogen-bond acceptors (Lipinski definition) is 8. The summed E-state index contributed by atoms with van der Waals surface area (Å²) >= 11 is 0.635. The number of carbonyl (C=O) groups is 1. The summed E-state index contributed by atoms with van der Waals surface area (Å²) in [6.07, 6.45) is 0. The lowest BCUT2D eigenvalue weighted by Gasteiger charge is -2.34. The van der Waals surface area contributed by atoms with Crippen molar-refractivity contribution in [2.45, 2.75) is 11.1 Å². The molecule has 0 unspecified atom stereocenters. The van der Waals surface area contributed by atoms with Gasteiger partial charge in [-0.25, -0.2) is 8.42 Å². The van der Waals surface area contributed by atoms with Gasteiger partial charge in [0.05, 0.1) is 4.92 Å². The molecule has 0 radical (unpaired) electrons. The minimum Gasteiger partial charge on any atom is -0.366 e. The quantitative estimate of drug-likeness (QED) is 0.511. The number of anilines is 1. The number of sulfonamides is 1. The monoisotopic (exact) mass is 427 g/mol. The first-order chi connectivity index (χ1) is 13.1. The van der Waals surface area contributed by atoms with Gasteiger partial charge in [-0.2, -0.15) is 4.31 Å². The number of aromatic nitrogens is 1. The lowest BCUT2D eigenvalue weighted by Crippen LogP contribution is -2.48. The summed E-state index contributed by atoms with van der Waals surface area (Å²) in [4.78, 5) is 37.2. The average molecular weight is 427 g/mol. The van der Waals surface area contributed by atoms with E-state index >= 15 is 0 Å². The maximum absolute atomic E-state index is 12.8. The van der Waals surface area contributed by atoms with Crippen LogP contribution in [0.4, 0.5) is 11.4 Å². The molecular weight excluding hydrogens is 410 g/mol. The summed E-state index contributed by atoms with van der Waals surface area (Å²) in [5.74, 6) is -0.772. The molecule has 3 N–H and O–H groups in total. The Morgan fingerprint density at radius 1 is 1.29 bits per heavy atom. The average Bonchev–Trinajstić information content (AvgIpc) is 3.00. The minimum absolute atomic E-state index is 0.0227. The first-order valence-electron chi connectivity index (χ1n) is 8.14. The highest BCUT2D eigenvalue weighted by molar-refractivity contribution is 7.91. The molecule has 28 heavy (non-hydrogen) atoms. The number of piperazine rings is 1. The lowest BCUT2D eigenvalue weighted by molar-refractivity contribution is -0.384. The van der Waals surface area contributed by atoms with Gasteiger partial charge in [0.1, 0.15) is 5.69 Å². The van der Waals surface area contributed by atoms with Crippen LogP contribution in [0.5, 0.6) is 0 Å². The highest BCUT2D eigenvalue weighted by atomic mass is 32.2. The predicted octanol–water partition coefficient (Wildman–Crippen LogP) is 0.263. The molecule has 1 aliphatic rings. The number of amides is 1. The third kappa shape index (κ3) is 3.63. The van der Waals surface area contributed by atoms with Crippen molar-refractivity contribution < 1.29 is 18.1 Å². The van der Waals surface area contributed by atoms with E-state index in [0.717, 1.165) is 6.07 Å². The second-order valence-corrected chi connectivity index (χ2v) is 9.26. The number of nitrogens with two attached hydrogens (primary N) is 1. The molecule has 11 nitrogen and oxygen atoms in total. The SMILES string of the molecule is Cc1[nH]c(=O)sc1S(=O)(=O)N1CCN(c2ccc(C(N)=O)cc2[N+](=O)[O-])CC1. The number of carbonyl (C=O) groups excluding carboxylic acids is 1. The Morgan fingerprint density at radius 2 is 1.93 bits per heavy atom. The van der Waals surface area contributed by atoms with Crippen molar-refractivity contribution in [3.05, 3.63) is 49.2 Å². The van der Waals surface area contributed by atoms with E-state index < -0.39 is 25.7 Å². The van der Waals surface area contributed by atoms with Gasteiger partial charge in [0.25, 0.3) is 15.7 Å². The van der Waals surface area contributed by atoms with Crippen LogP contribution in [0.3, 0.4) is 0 Å². The van der Waals surface area contributed by atoms with Gasteiger partial charge in [-0.3, -0.25) is 19.7 Å². The molecule has 3 rings (SSSR count). The van der Waals surface area contributed by atoms with E-state index in [1.165, 1.54) is 23.4 Å². The highest BCUT2D eigenvalue weighted by Crippen LogP contribution is 2.31. The molecule has 1 fully saturated rings. The fraction of sp³-hybridized carbons (Fsp3) is 0.333. The number of rotatable bonds is 5. The smallest absolute Gasteiger partial charge is 0.305 e. The number of hydrogen-bond donors (Lipinski definition) is 2. The second kappa shape index (κ2) is 7.33. The van der Waals surface area contributed by atoms with Gasteiger partial charge in [0.2, 0.25) is 5.91 Å². The summed E-state index contributed by atoms with van der Waals surface area (Å²) in [6.45, 7) is 2.15. The molecule has 2 aromatic rings. The van der Waals surface area contributed by atoms with Crippen molar-refractivity contribution in [3.8, 4) is 0 Å². The number of primary amides is 1. The molecule has 0 bridgehead atoms. The number of nitrogens with one attached hydrogen (secondary N) is 1. The van der Waals surface area contributed by atoms with E-state index in [2.05, 4.69) is 4.98 Å². The van der Waals surface area contributed by atoms with Crippen molar-refractivity contribution in [3.63, 3.8) is 0 Å². The van der Waals surface area contributed by atoms with E-state index in [9.17, 15) is 28.1 Å². The summed E-state index contributed by atoms with van der Waals surface area (Å²) < 4.78 is 26.7. The van der Waals surface area contributed by atoms with Gasteiger partial charge in [0.15, 0.2) is 4.21 Å². The second-order valence-electron chi connectivity index (χ2n) is 6.14. The Bertz CT molecular complexity index is 1100. The van der Waals surface area contributed by atoms with E-state index in [-0.39, 0.29) is 53.0 Å². The summed E-state index contributed by atoms with van der Waals surface area (Å²) in [7, 11) is -3.82.